The van der Waals surface area contributed by atoms with Crippen molar-refractivity contribution in [3.05, 3.63) is 30.1 Å². The minimum Gasteiger partial charge on any atom is -0.375 e. The van der Waals surface area contributed by atoms with E-state index in [9.17, 15) is 9.59 Å². The Bertz CT molecular complexity index is 540. The first kappa shape index (κ1) is 14.0. The standard InChI is InChI=1S/C15H19N3O3/c1-21-8-13(19)18-10-15(11-18)4-6-17(9-15)14(20)12-3-2-5-16-7-12/h2-3,5,7H,4,6,8-11H2,1H3. The van der Waals surface area contributed by atoms with Crippen molar-refractivity contribution in [3.8, 4) is 0 Å². The van der Waals surface area contributed by atoms with Crippen LogP contribution in [-0.2, 0) is 9.53 Å². The summed E-state index contributed by atoms with van der Waals surface area (Å²) in [5.74, 6) is 0.0572. The molecule has 3 rings (SSSR count). The van der Waals surface area contributed by atoms with Gasteiger partial charge in [0.25, 0.3) is 5.91 Å². The predicted octanol–water partition coefficient (Wildman–Crippen LogP) is 0.402. The zero-order valence-electron chi connectivity index (χ0n) is 12.1. The first-order valence-electron chi connectivity index (χ1n) is 7.10. The number of carbonyl (C=O) groups excluding carboxylic acids is 2. The maximum absolute atomic E-state index is 12.4. The molecule has 0 aromatic carbocycles. The number of hydrogen-bond acceptors (Lipinski definition) is 4. The van der Waals surface area contributed by atoms with E-state index in [1.54, 1.807) is 24.5 Å². The average Bonchev–Trinajstić information content (AvgIpc) is 2.91. The monoisotopic (exact) mass is 289 g/mol. The zero-order valence-corrected chi connectivity index (χ0v) is 12.1. The van der Waals surface area contributed by atoms with Gasteiger partial charge in [-0.2, -0.15) is 0 Å². The maximum Gasteiger partial charge on any atom is 0.255 e. The summed E-state index contributed by atoms with van der Waals surface area (Å²) in [5.41, 5.74) is 0.711. The Morgan fingerprint density at radius 2 is 2.10 bits per heavy atom. The van der Waals surface area contributed by atoms with Crippen molar-refractivity contribution in [1.82, 2.24) is 14.8 Å². The van der Waals surface area contributed by atoms with Crippen LogP contribution in [0.25, 0.3) is 0 Å². The number of aromatic nitrogens is 1. The first-order chi connectivity index (χ1) is 10.1. The van der Waals surface area contributed by atoms with Crippen molar-refractivity contribution in [2.45, 2.75) is 6.42 Å². The molecule has 2 aliphatic heterocycles. The van der Waals surface area contributed by atoms with E-state index >= 15 is 0 Å². The van der Waals surface area contributed by atoms with Crippen LogP contribution in [-0.4, -0.2) is 66.5 Å². The van der Waals surface area contributed by atoms with Gasteiger partial charge in [-0.3, -0.25) is 14.6 Å². The summed E-state index contributed by atoms with van der Waals surface area (Å²) in [4.78, 5) is 31.8. The van der Waals surface area contributed by atoms with E-state index in [0.29, 0.717) is 5.56 Å². The summed E-state index contributed by atoms with van der Waals surface area (Å²) in [6, 6.07) is 3.56. The van der Waals surface area contributed by atoms with Gasteiger partial charge in [0.2, 0.25) is 5.91 Å². The van der Waals surface area contributed by atoms with Crippen molar-refractivity contribution in [3.63, 3.8) is 0 Å². The molecule has 2 fully saturated rings. The van der Waals surface area contributed by atoms with Gasteiger partial charge in [0.15, 0.2) is 0 Å². The van der Waals surface area contributed by atoms with E-state index in [-0.39, 0.29) is 23.8 Å². The molecule has 0 bridgehead atoms. The van der Waals surface area contributed by atoms with Crippen LogP contribution in [0.1, 0.15) is 16.8 Å². The molecular formula is C15H19N3O3. The summed E-state index contributed by atoms with van der Waals surface area (Å²) >= 11 is 0. The van der Waals surface area contributed by atoms with E-state index in [2.05, 4.69) is 4.98 Å². The molecule has 0 unspecified atom stereocenters. The van der Waals surface area contributed by atoms with Crippen LogP contribution in [0.5, 0.6) is 0 Å². The summed E-state index contributed by atoms with van der Waals surface area (Å²) in [5, 5.41) is 0. The lowest BCUT2D eigenvalue weighted by Gasteiger charge is -2.47. The highest BCUT2D eigenvalue weighted by molar-refractivity contribution is 5.94. The second-order valence-corrected chi connectivity index (χ2v) is 5.90. The van der Waals surface area contributed by atoms with Gasteiger partial charge in [-0.25, -0.2) is 0 Å². The Hall–Kier alpha value is -1.95. The minimum atomic E-state index is 0.0279. The van der Waals surface area contributed by atoms with E-state index in [1.165, 1.54) is 7.11 Å². The molecule has 2 saturated heterocycles. The fourth-order valence-electron chi connectivity index (χ4n) is 3.19. The Morgan fingerprint density at radius 3 is 2.76 bits per heavy atom. The van der Waals surface area contributed by atoms with Crippen LogP contribution >= 0.6 is 0 Å². The molecule has 0 atom stereocenters. The lowest BCUT2D eigenvalue weighted by Crippen LogP contribution is -2.60. The SMILES string of the molecule is COCC(=O)N1CC2(CCN(C(=O)c3cccnc3)C2)C1. The van der Waals surface area contributed by atoms with E-state index in [0.717, 1.165) is 32.6 Å². The molecule has 0 N–H and O–H groups in total. The molecule has 0 aliphatic carbocycles. The van der Waals surface area contributed by atoms with Crippen LogP contribution in [0, 0.1) is 5.41 Å². The predicted molar refractivity (Wildman–Crippen MR) is 75.6 cm³/mol. The molecule has 1 aromatic rings. The molecule has 0 saturated carbocycles. The Labute approximate surface area is 123 Å². The lowest BCUT2D eigenvalue weighted by atomic mass is 9.79. The summed E-state index contributed by atoms with van der Waals surface area (Å²) in [6.45, 7) is 3.06. The molecule has 3 heterocycles. The fourth-order valence-corrected chi connectivity index (χ4v) is 3.19. The topological polar surface area (TPSA) is 62.7 Å². The molecule has 6 nitrogen and oxygen atoms in total. The van der Waals surface area contributed by atoms with Crippen molar-refractivity contribution in [2.24, 2.45) is 5.41 Å². The summed E-state index contributed by atoms with van der Waals surface area (Å²) < 4.78 is 4.87. The van der Waals surface area contributed by atoms with E-state index in [1.807, 2.05) is 9.80 Å². The number of amides is 2. The van der Waals surface area contributed by atoms with Gasteiger partial charge in [0.1, 0.15) is 6.61 Å². The van der Waals surface area contributed by atoms with E-state index in [4.69, 9.17) is 4.74 Å². The Balaban J connectivity index is 1.58. The summed E-state index contributed by atoms with van der Waals surface area (Å²) in [6.07, 6.45) is 4.21. The Kier molecular flexibility index (Phi) is 3.63. The molecule has 2 aliphatic rings. The van der Waals surface area contributed by atoms with Gasteiger partial charge in [-0.15, -0.1) is 0 Å². The summed E-state index contributed by atoms with van der Waals surface area (Å²) in [7, 11) is 1.53. The van der Waals surface area contributed by atoms with Gasteiger partial charge in [-0.05, 0) is 18.6 Å². The number of carbonyl (C=O) groups is 2. The maximum atomic E-state index is 12.4. The minimum absolute atomic E-state index is 0.0279. The fraction of sp³-hybridized carbons (Fsp3) is 0.533. The average molecular weight is 289 g/mol. The molecule has 6 heteroatoms. The van der Waals surface area contributed by atoms with Gasteiger partial charge in [0, 0.05) is 51.1 Å². The molecule has 21 heavy (non-hydrogen) atoms. The van der Waals surface area contributed by atoms with Crippen molar-refractivity contribution >= 4 is 11.8 Å². The third-order valence-corrected chi connectivity index (χ3v) is 4.31. The second-order valence-electron chi connectivity index (χ2n) is 5.90. The highest BCUT2D eigenvalue weighted by Gasteiger charge is 2.50. The first-order valence-corrected chi connectivity index (χ1v) is 7.10. The molecule has 1 spiro atoms. The number of hydrogen-bond donors (Lipinski definition) is 0. The highest BCUT2D eigenvalue weighted by atomic mass is 16.5. The third-order valence-electron chi connectivity index (χ3n) is 4.31. The normalized spacial score (nSPS) is 19.7. The molecule has 2 amide bonds. The molecular weight excluding hydrogens is 270 g/mol. The second kappa shape index (κ2) is 5.44. The molecule has 1 aromatic heterocycles. The van der Waals surface area contributed by atoms with Crippen LogP contribution in [0.15, 0.2) is 24.5 Å². The van der Waals surface area contributed by atoms with Crippen LogP contribution in [0.3, 0.4) is 0 Å². The van der Waals surface area contributed by atoms with Gasteiger partial charge in [0.05, 0.1) is 5.56 Å². The quantitative estimate of drug-likeness (QED) is 0.808. The van der Waals surface area contributed by atoms with Crippen LogP contribution in [0.2, 0.25) is 0 Å². The van der Waals surface area contributed by atoms with Crippen molar-refractivity contribution in [1.29, 1.82) is 0 Å². The largest absolute Gasteiger partial charge is 0.375 e. The van der Waals surface area contributed by atoms with Crippen LogP contribution < -0.4 is 0 Å². The number of methoxy groups -OCH3 is 1. The van der Waals surface area contributed by atoms with Crippen molar-refractivity contribution < 1.29 is 14.3 Å². The zero-order chi connectivity index (χ0) is 14.9. The molecule has 0 radical (unpaired) electrons. The number of ether oxygens (including phenoxy) is 1. The number of pyridine rings is 1. The van der Waals surface area contributed by atoms with Crippen molar-refractivity contribution in [2.75, 3.05) is 39.9 Å². The number of nitrogens with zero attached hydrogens (tertiary/aromatic N) is 3. The number of rotatable bonds is 3. The van der Waals surface area contributed by atoms with E-state index < -0.39 is 0 Å². The van der Waals surface area contributed by atoms with Crippen LogP contribution in [0.4, 0.5) is 0 Å². The Morgan fingerprint density at radius 1 is 1.33 bits per heavy atom. The van der Waals surface area contributed by atoms with Gasteiger partial charge < -0.3 is 14.5 Å². The lowest BCUT2D eigenvalue weighted by molar-refractivity contribution is -0.146. The van der Waals surface area contributed by atoms with Gasteiger partial charge >= 0.3 is 0 Å². The smallest absolute Gasteiger partial charge is 0.255 e. The molecule has 112 valence electrons. The number of likely N-dealkylation sites (tertiary alicyclic amines) is 2. The highest BCUT2D eigenvalue weighted by Crippen LogP contribution is 2.39. The third kappa shape index (κ3) is 2.63. The van der Waals surface area contributed by atoms with Gasteiger partial charge in [-0.1, -0.05) is 0 Å².